The number of benzene rings is 3. The lowest BCUT2D eigenvalue weighted by Gasteiger charge is -2.43. The van der Waals surface area contributed by atoms with Crippen LogP contribution in [0.2, 0.25) is 0 Å². The van der Waals surface area contributed by atoms with E-state index < -0.39 is 5.72 Å². The Kier molecular flexibility index (Phi) is 3.52. The van der Waals surface area contributed by atoms with Crippen LogP contribution in [0.3, 0.4) is 0 Å². The molecular weight excluding hydrogens is 352 g/mol. The number of carbonyl (C=O) groups excluding carboxylic acids is 2. The number of anilines is 2. The lowest BCUT2D eigenvalue weighted by atomic mass is 9.96. The Bertz CT molecular complexity index is 1100. The number of rotatable bonds is 2. The highest BCUT2D eigenvalue weighted by molar-refractivity contribution is 6.19. The van der Waals surface area contributed by atoms with E-state index in [-0.39, 0.29) is 11.8 Å². The molecule has 1 atom stereocenters. The number of hydrogen-bond acceptors (Lipinski definition) is 3. The van der Waals surface area contributed by atoms with E-state index in [0.717, 1.165) is 5.69 Å². The van der Waals surface area contributed by atoms with Gasteiger partial charge in [0.2, 0.25) is 0 Å². The summed E-state index contributed by atoms with van der Waals surface area (Å²) < 4.78 is 6.40. The first-order valence-electron chi connectivity index (χ1n) is 9.27. The van der Waals surface area contributed by atoms with E-state index in [1.807, 2.05) is 61.5 Å². The van der Waals surface area contributed by atoms with Gasteiger partial charge in [0.25, 0.3) is 17.5 Å². The van der Waals surface area contributed by atoms with Gasteiger partial charge in [-0.1, -0.05) is 48.5 Å². The van der Waals surface area contributed by atoms with Gasteiger partial charge in [0.05, 0.1) is 16.8 Å². The van der Waals surface area contributed by atoms with Gasteiger partial charge < -0.3 is 9.64 Å². The fourth-order valence-corrected chi connectivity index (χ4v) is 4.11. The Balaban J connectivity index is 1.84. The number of likely N-dealkylation sites (N-methyl/N-ethyl adjacent to an activating group) is 1. The van der Waals surface area contributed by atoms with Gasteiger partial charge in [-0.25, -0.2) is 0 Å². The minimum absolute atomic E-state index is 0.255. The highest BCUT2D eigenvalue weighted by atomic mass is 16.5. The molecule has 0 N–H and O–H groups in total. The van der Waals surface area contributed by atoms with Crippen molar-refractivity contribution in [3.63, 3.8) is 0 Å². The average Bonchev–Trinajstić information content (AvgIpc) is 2.97. The second kappa shape index (κ2) is 5.96. The van der Waals surface area contributed by atoms with Gasteiger partial charge in [-0.2, -0.15) is 0 Å². The summed E-state index contributed by atoms with van der Waals surface area (Å²) >= 11 is 0. The third-order valence-corrected chi connectivity index (χ3v) is 5.32. The van der Waals surface area contributed by atoms with Crippen LogP contribution in [0.25, 0.3) is 0 Å². The zero-order valence-electron chi connectivity index (χ0n) is 15.3. The van der Waals surface area contributed by atoms with Gasteiger partial charge in [-0.05, 0) is 37.3 Å². The molecule has 2 aliphatic heterocycles. The van der Waals surface area contributed by atoms with E-state index in [0.29, 0.717) is 29.1 Å². The smallest absolute Gasteiger partial charge is 0.298 e. The molecule has 5 heteroatoms. The number of carbonyl (C=O) groups is 2. The lowest BCUT2D eigenvalue weighted by Crippen LogP contribution is -2.61. The number of ether oxygens (including phenoxy) is 1. The van der Waals surface area contributed by atoms with Crippen molar-refractivity contribution in [2.45, 2.75) is 12.6 Å². The first kappa shape index (κ1) is 16.6. The van der Waals surface area contributed by atoms with E-state index in [2.05, 4.69) is 0 Å². The summed E-state index contributed by atoms with van der Waals surface area (Å²) in [6.45, 7) is 2.40. The molecule has 0 unspecified atom stereocenters. The van der Waals surface area contributed by atoms with Gasteiger partial charge in [-0.15, -0.1) is 0 Å². The van der Waals surface area contributed by atoms with Crippen LogP contribution >= 0.6 is 0 Å². The molecule has 2 amide bonds. The van der Waals surface area contributed by atoms with Crippen LogP contribution in [0.1, 0.15) is 22.8 Å². The molecule has 0 radical (unpaired) electrons. The van der Waals surface area contributed by atoms with Crippen LogP contribution in [0.15, 0.2) is 78.9 Å². The maximum Gasteiger partial charge on any atom is 0.298 e. The van der Waals surface area contributed by atoms with Gasteiger partial charge in [0.1, 0.15) is 5.75 Å². The van der Waals surface area contributed by atoms with Gasteiger partial charge in [0, 0.05) is 12.2 Å². The first-order chi connectivity index (χ1) is 13.7. The molecule has 0 saturated carbocycles. The molecule has 138 valence electrons. The zero-order chi connectivity index (χ0) is 19.3. The summed E-state index contributed by atoms with van der Waals surface area (Å²) in [6, 6.07) is 23.8. The van der Waals surface area contributed by atoms with E-state index in [9.17, 15) is 9.59 Å². The fourth-order valence-electron chi connectivity index (χ4n) is 4.11. The van der Waals surface area contributed by atoms with Gasteiger partial charge >= 0.3 is 0 Å². The summed E-state index contributed by atoms with van der Waals surface area (Å²) in [5, 5.41) is 0. The van der Waals surface area contributed by atoms with Crippen LogP contribution in [0.5, 0.6) is 5.75 Å². The average molecular weight is 370 g/mol. The molecule has 1 spiro atoms. The Hall–Kier alpha value is -3.60. The molecule has 0 bridgehead atoms. The topological polar surface area (TPSA) is 49.9 Å². The predicted molar refractivity (Wildman–Crippen MR) is 106 cm³/mol. The van der Waals surface area contributed by atoms with Crippen molar-refractivity contribution < 1.29 is 14.3 Å². The molecule has 2 heterocycles. The maximum atomic E-state index is 13.7. The van der Waals surface area contributed by atoms with E-state index in [1.54, 1.807) is 29.2 Å². The van der Waals surface area contributed by atoms with E-state index >= 15 is 0 Å². The van der Waals surface area contributed by atoms with Gasteiger partial charge in [0.15, 0.2) is 0 Å². The third kappa shape index (κ3) is 2.01. The molecule has 5 rings (SSSR count). The Morgan fingerprint density at radius 1 is 0.857 bits per heavy atom. The lowest BCUT2D eigenvalue weighted by molar-refractivity contribution is -0.133. The Labute approximate surface area is 162 Å². The number of para-hydroxylation sites is 3. The van der Waals surface area contributed by atoms with Crippen molar-refractivity contribution in [3.05, 3.63) is 90.0 Å². The minimum atomic E-state index is -1.56. The molecule has 0 fully saturated rings. The molecule has 0 aromatic heterocycles. The number of fused-ring (bicyclic) bond motifs is 3. The normalized spacial score (nSPS) is 20.2. The molecule has 3 aromatic carbocycles. The zero-order valence-corrected chi connectivity index (χ0v) is 15.3. The quantitative estimate of drug-likeness (QED) is 0.686. The summed E-state index contributed by atoms with van der Waals surface area (Å²) in [6.07, 6.45) is 0. The SMILES string of the molecule is CCN1C(=O)[C@@]2(Oc3ccccc3C(=O)N2c2ccccc2)c2ccccc21. The van der Waals surface area contributed by atoms with E-state index in [4.69, 9.17) is 4.74 Å². The first-order valence-corrected chi connectivity index (χ1v) is 9.27. The van der Waals surface area contributed by atoms with E-state index in [1.165, 1.54) is 4.90 Å². The molecule has 3 aromatic rings. The van der Waals surface area contributed by atoms with Crippen molar-refractivity contribution in [1.29, 1.82) is 0 Å². The van der Waals surface area contributed by atoms with Crippen LogP contribution in [-0.4, -0.2) is 18.4 Å². The predicted octanol–water partition coefficient (Wildman–Crippen LogP) is 3.95. The third-order valence-electron chi connectivity index (χ3n) is 5.32. The van der Waals surface area contributed by atoms with Crippen LogP contribution < -0.4 is 14.5 Å². The molecule has 28 heavy (non-hydrogen) atoms. The Morgan fingerprint density at radius 3 is 2.32 bits per heavy atom. The van der Waals surface area contributed by atoms with Crippen LogP contribution in [0.4, 0.5) is 11.4 Å². The number of amides is 2. The Morgan fingerprint density at radius 2 is 1.54 bits per heavy atom. The van der Waals surface area contributed by atoms with Crippen molar-refractivity contribution in [2.24, 2.45) is 0 Å². The summed E-state index contributed by atoms with van der Waals surface area (Å²) in [4.78, 5) is 30.5. The summed E-state index contributed by atoms with van der Waals surface area (Å²) in [7, 11) is 0. The van der Waals surface area contributed by atoms with Crippen molar-refractivity contribution in [3.8, 4) is 5.75 Å². The standard InChI is InChI=1S/C23H18N2O3/c1-2-24-19-14-8-7-13-18(19)23(22(24)27)25(16-10-4-3-5-11-16)21(26)17-12-6-9-15-20(17)28-23/h3-15H,2H2,1H3/t23-/m0/s1. The highest BCUT2D eigenvalue weighted by Crippen LogP contribution is 2.50. The fraction of sp³-hybridized carbons (Fsp3) is 0.130. The summed E-state index contributed by atoms with van der Waals surface area (Å²) in [5.41, 5.74) is 0.941. The molecule has 0 saturated heterocycles. The maximum absolute atomic E-state index is 13.7. The molecule has 0 aliphatic carbocycles. The number of hydrogen-bond donors (Lipinski definition) is 0. The second-order valence-corrected chi connectivity index (χ2v) is 6.78. The van der Waals surface area contributed by atoms with Crippen LogP contribution in [-0.2, 0) is 10.5 Å². The monoisotopic (exact) mass is 370 g/mol. The summed E-state index contributed by atoms with van der Waals surface area (Å²) in [5.74, 6) is -0.0992. The molecule has 2 aliphatic rings. The molecular formula is C23H18N2O3. The molecule has 5 nitrogen and oxygen atoms in total. The van der Waals surface area contributed by atoms with Gasteiger partial charge in [-0.3, -0.25) is 14.5 Å². The number of nitrogens with zero attached hydrogens (tertiary/aromatic N) is 2. The largest absolute Gasteiger partial charge is 0.453 e. The highest BCUT2D eigenvalue weighted by Gasteiger charge is 2.61. The van der Waals surface area contributed by atoms with Crippen LogP contribution in [0, 0.1) is 0 Å². The second-order valence-electron chi connectivity index (χ2n) is 6.78. The van der Waals surface area contributed by atoms with Crippen molar-refractivity contribution >= 4 is 23.2 Å². The minimum Gasteiger partial charge on any atom is -0.453 e. The van der Waals surface area contributed by atoms with Crippen molar-refractivity contribution in [2.75, 3.05) is 16.3 Å². The van der Waals surface area contributed by atoms with Crippen molar-refractivity contribution in [1.82, 2.24) is 0 Å².